The van der Waals surface area contributed by atoms with Gasteiger partial charge in [-0.25, -0.2) is 9.97 Å². The fourth-order valence-electron chi connectivity index (χ4n) is 4.00. The van der Waals surface area contributed by atoms with E-state index in [4.69, 9.17) is 4.74 Å². The number of rotatable bonds is 9. The van der Waals surface area contributed by atoms with Crippen LogP contribution in [0.3, 0.4) is 0 Å². The number of nitriles is 1. The van der Waals surface area contributed by atoms with E-state index in [2.05, 4.69) is 26.5 Å². The highest BCUT2D eigenvalue weighted by atomic mass is 16.5. The molecule has 1 aromatic carbocycles. The molecule has 1 unspecified atom stereocenters. The van der Waals surface area contributed by atoms with Gasteiger partial charge in [0.15, 0.2) is 0 Å². The van der Waals surface area contributed by atoms with Gasteiger partial charge in [-0.3, -0.25) is 4.68 Å². The molecule has 2 atom stereocenters. The summed E-state index contributed by atoms with van der Waals surface area (Å²) >= 11 is 0. The van der Waals surface area contributed by atoms with E-state index in [0.29, 0.717) is 41.6 Å². The number of hydrogen-bond acceptors (Lipinski definition) is 7. The lowest BCUT2D eigenvalue weighted by Crippen LogP contribution is -2.19. The van der Waals surface area contributed by atoms with Crippen molar-refractivity contribution < 1.29 is 9.84 Å². The van der Waals surface area contributed by atoms with Gasteiger partial charge in [-0.05, 0) is 61.3 Å². The van der Waals surface area contributed by atoms with Crippen molar-refractivity contribution in [3.05, 3.63) is 48.4 Å². The van der Waals surface area contributed by atoms with Crippen LogP contribution in [0.2, 0.25) is 0 Å². The van der Waals surface area contributed by atoms with E-state index in [0.717, 1.165) is 29.9 Å². The third-order valence-corrected chi connectivity index (χ3v) is 6.37. The van der Waals surface area contributed by atoms with Gasteiger partial charge in [0.2, 0.25) is 5.95 Å². The average molecular weight is 431 g/mol. The van der Waals surface area contributed by atoms with Gasteiger partial charge in [0.25, 0.3) is 0 Å². The highest BCUT2D eigenvalue weighted by Crippen LogP contribution is 2.39. The molecule has 2 heterocycles. The molecule has 0 radical (unpaired) electrons. The molecule has 3 aromatic rings. The largest absolute Gasteiger partial charge is 0.492 e. The first kappa shape index (κ1) is 20.5. The van der Waals surface area contributed by atoms with Crippen molar-refractivity contribution in [1.82, 2.24) is 19.7 Å². The summed E-state index contributed by atoms with van der Waals surface area (Å²) in [6, 6.07) is 9.65. The van der Waals surface area contributed by atoms with Gasteiger partial charge in [-0.1, -0.05) is 6.42 Å². The molecule has 0 aliphatic heterocycles. The lowest BCUT2D eigenvalue weighted by atomic mass is 9.86. The van der Waals surface area contributed by atoms with E-state index in [1.165, 1.54) is 19.3 Å². The molecule has 2 aliphatic rings. The number of aliphatic hydroxyl groups is 1. The summed E-state index contributed by atoms with van der Waals surface area (Å²) in [5.41, 5.74) is 2.88. The maximum Gasteiger partial charge on any atom is 0.227 e. The van der Waals surface area contributed by atoms with Crippen LogP contribution < -0.4 is 10.1 Å². The minimum Gasteiger partial charge on any atom is -0.492 e. The van der Waals surface area contributed by atoms with Crippen LogP contribution in [0, 0.1) is 29.1 Å². The Labute approximate surface area is 186 Å². The molecule has 0 bridgehead atoms. The van der Waals surface area contributed by atoms with E-state index < -0.39 is 0 Å². The number of hydrogen-bond donors (Lipinski definition) is 2. The Balaban J connectivity index is 1.26. The zero-order valence-corrected chi connectivity index (χ0v) is 17.8. The SMILES string of the molecule is N#Cc1cc(-c2ccnc(Nc3cnn(CC4C[C@@H]4CO)c3)n2)ccc1OCC1CCC1. The minimum absolute atomic E-state index is 0.249. The predicted octanol–water partition coefficient (Wildman–Crippen LogP) is 3.76. The van der Waals surface area contributed by atoms with Crippen molar-refractivity contribution in [2.45, 2.75) is 32.2 Å². The molecule has 0 spiro atoms. The molecule has 8 heteroatoms. The molecule has 2 fully saturated rings. The summed E-state index contributed by atoms with van der Waals surface area (Å²) < 4.78 is 7.77. The normalized spacial score (nSPS) is 19.8. The van der Waals surface area contributed by atoms with Crippen LogP contribution in [0.5, 0.6) is 5.75 Å². The van der Waals surface area contributed by atoms with Crippen LogP contribution >= 0.6 is 0 Å². The molecule has 164 valence electrons. The number of anilines is 2. The lowest BCUT2D eigenvalue weighted by molar-refractivity contribution is 0.180. The van der Waals surface area contributed by atoms with Gasteiger partial charge in [0.05, 0.1) is 29.7 Å². The Morgan fingerprint density at radius 3 is 2.91 bits per heavy atom. The Hall–Kier alpha value is -3.44. The molecule has 0 saturated heterocycles. The summed E-state index contributed by atoms with van der Waals surface area (Å²) in [6.45, 7) is 1.73. The summed E-state index contributed by atoms with van der Waals surface area (Å²) in [6.07, 6.45) is 10.1. The quantitative estimate of drug-likeness (QED) is 0.532. The number of ether oxygens (including phenoxy) is 1. The molecule has 5 rings (SSSR count). The van der Waals surface area contributed by atoms with Crippen LogP contribution in [0.25, 0.3) is 11.3 Å². The monoisotopic (exact) mass is 430 g/mol. The van der Waals surface area contributed by atoms with E-state index in [9.17, 15) is 10.4 Å². The smallest absolute Gasteiger partial charge is 0.227 e. The number of nitrogens with zero attached hydrogens (tertiary/aromatic N) is 5. The number of aliphatic hydroxyl groups excluding tert-OH is 1. The van der Waals surface area contributed by atoms with Crippen LogP contribution in [-0.2, 0) is 6.54 Å². The Morgan fingerprint density at radius 2 is 2.16 bits per heavy atom. The van der Waals surface area contributed by atoms with Gasteiger partial charge in [0.1, 0.15) is 11.8 Å². The summed E-state index contributed by atoms with van der Waals surface area (Å²) in [5.74, 6) is 2.61. The van der Waals surface area contributed by atoms with Crippen molar-refractivity contribution in [3.63, 3.8) is 0 Å². The molecule has 2 aliphatic carbocycles. The second-order valence-electron chi connectivity index (χ2n) is 8.71. The molecule has 0 amide bonds. The maximum atomic E-state index is 9.58. The molecular formula is C24H26N6O2. The van der Waals surface area contributed by atoms with Gasteiger partial charge in [-0.2, -0.15) is 10.4 Å². The van der Waals surface area contributed by atoms with Crippen molar-refractivity contribution in [1.29, 1.82) is 5.26 Å². The number of aromatic nitrogens is 4. The number of nitrogens with one attached hydrogen (secondary N) is 1. The summed E-state index contributed by atoms with van der Waals surface area (Å²) in [5, 5.41) is 26.4. The topological polar surface area (TPSA) is 109 Å². The van der Waals surface area contributed by atoms with Crippen molar-refractivity contribution in [2.75, 3.05) is 18.5 Å². The van der Waals surface area contributed by atoms with E-state index >= 15 is 0 Å². The second kappa shape index (κ2) is 8.97. The molecule has 8 nitrogen and oxygen atoms in total. The van der Waals surface area contributed by atoms with Gasteiger partial charge in [0, 0.05) is 31.1 Å². The zero-order chi connectivity index (χ0) is 21.9. The van der Waals surface area contributed by atoms with E-state index in [1.54, 1.807) is 12.4 Å². The third-order valence-electron chi connectivity index (χ3n) is 6.37. The first-order chi connectivity index (χ1) is 15.7. The van der Waals surface area contributed by atoms with Crippen LogP contribution in [0.1, 0.15) is 31.2 Å². The van der Waals surface area contributed by atoms with Crippen LogP contribution in [-0.4, -0.2) is 38.1 Å². The highest BCUT2D eigenvalue weighted by Gasteiger charge is 2.36. The van der Waals surface area contributed by atoms with Crippen LogP contribution in [0.4, 0.5) is 11.6 Å². The maximum absolute atomic E-state index is 9.58. The second-order valence-corrected chi connectivity index (χ2v) is 8.71. The van der Waals surface area contributed by atoms with Crippen LogP contribution in [0.15, 0.2) is 42.9 Å². The van der Waals surface area contributed by atoms with E-state index in [1.807, 2.05) is 35.1 Å². The Bertz CT molecular complexity index is 1130. The molecule has 2 N–H and O–H groups in total. The first-order valence-corrected chi connectivity index (χ1v) is 11.1. The Kier molecular flexibility index (Phi) is 5.73. The summed E-state index contributed by atoms with van der Waals surface area (Å²) in [4.78, 5) is 8.92. The minimum atomic E-state index is 0.249. The van der Waals surface area contributed by atoms with Crippen molar-refractivity contribution >= 4 is 11.6 Å². The molecule has 32 heavy (non-hydrogen) atoms. The average Bonchev–Trinajstić information content (AvgIpc) is 3.40. The van der Waals surface area contributed by atoms with E-state index in [-0.39, 0.29) is 6.61 Å². The zero-order valence-electron chi connectivity index (χ0n) is 17.8. The van der Waals surface area contributed by atoms with Crippen molar-refractivity contribution in [2.24, 2.45) is 17.8 Å². The molecular weight excluding hydrogens is 404 g/mol. The fourth-order valence-corrected chi connectivity index (χ4v) is 4.00. The lowest BCUT2D eigenvalue weighted by Gasteiger charge is -2.25. The predicted molar refractivity (Wildman–Crippen MR) is 119 cm³/mol. The standard InChI is InChI=1S/C24H26N6O2/c25-10-18-8-17(4-5-23(18)32-15-16-2-1-3-16)22-6-7-26-24(29-22)28-21-11-27-30(13-21)12-19-9-20(19)14-31/h4-8,11,13,16,19-20,31H,1-3,9,12,14-15H2,(H,26,28,29)/t19?,20-/m1/s1. The molecule has 2 aromatic heterocycles. The number of benzene rings is 1. The van der Waals surface area contributed by atoms with Gasteiger partial charge >= 0.3 is 0 Å². The Morgan fingerprint density at radius 1 is 1.25 bits per heavy atom. The summed E-state index contributed by atoms with van der Waals surface area (Å²) in [7, 11) is 0. The third kappa shape index (κ3) is 4.58. The van der Waals surface area contributed by atoms with Gasteiger partial charge < -0.3 is 15.2 Å². The molecule has 2 saturated carbocycles. The fraction of sp³-hybridized carbons (Fsp3) is 0.417. The first-order valence-electron chi connectivity index (χ1n) is 11.1. The van der Waals surface area contributed by atoms with Crippen molar-refractivity contribution in [3.8, 4) is 23.1 Å². The van der Waals surface area contributed by atoms with Gasteiger partial charge in [-0.15, -0.1) is 0 Å². The highest BCUT2D eigenvalue weighted by molar-refractivity contribution is 5.65.